The van der Waals surface area contributed by atoms with Crippen molar-refractivity contribution in [1.82, 2.24) is 20.4 Å². The molecular formula is C20H30IN5O4. The van der Waals surface area contributed by atoms with Gasteiger partial charge in [0.1, 0.15) is 16.9 Å². The molecule has 0 fully saturated rings. The summed E-state index contributed by atoms with van der Waals surface area (Å²) in [7, 11) is 4.63. The van der Waals surface area contributed by atoms with Crippen LogP contribution in [0.15, 0.2) is 35.6 Å². The van der Waals surface area contributed by atoms with Crippen molar-refractivity contribution in [3.05, 3.63) is 47.3 Å². The van der Waals surface area contributed by atoms with E-state index in [2.05, 4.69) is 20.7 Å². The van der Waals surface area contributed by atoms with E-state index in [0.29, 0.717) is 35.9 Å². The highest BCUT2D eigenvalue weighted by Gasteiger charge is 2.25. The highest BCUT2D eigenvalue weighted by molar-refractivity contribution is 14.0. The van der Waals surface area contributed by atoms with Gasteiger partial charge in [0, 0.05) is 25.4 Å². The standard InChI is InChI=1S/C20H29N5O4.HI/c1-6-21-19(23-13-20(2,27)15-11-24-25(3)12-15)22-10-14-7-8-17(28-4)16(9-14)18(26)29-5;/h7-9,11-12,27H,6,10,13H2,1-5H3,(H2,21,22,23);1H. The summed E-state index contributed by atoms with van der Waals surface area (Å²) in [6.45, 7) is 4.92. The van der Waals surface area contributed by atoms with E-state index in [1.165, 1.54) is 14.2 Å². The Morgan fingerprint density at radius 3 is 2.63 bits per heavy atom. The summed E-state index contributed by atoms with van der Waals surface area (Å²) in [6.07, 6.45) is 3.41. The van der Waals surface area contributed by atoms with E-state index in [1.807, 2.05) is 13.0 Å². The quantitative estimate of drug-likeness (QED) is 0.206. The predicted molar refractivity (Wildman–Crippen MR) is 125 cm³/mol. The number of hydrogen-bond donors (Lipinski definition) is 3. The van der Waals surface area contributed by atoms with Gasteiger partial charge >= 0.3 is 5.97 Å². The van der Waals surface area contributed by atoms with Gasteiger partial charge in [0.05, 0.1) is 33.5 Å². The summed E-state index contributed by atoms with van der Waals surface area (Å²) in [5.41, 5.74) is 0.770. The second-order valence-electron chi connectivity index (χ2n) is 6.75. The molecule has 0 aliphatic heterocycles. The Morgan fingerprint density at radius 1 is 1.33 bits per heavy atom. The van der Waals surface area contributed by atoms with Crippen LogP contribution in [0.1, 0.15) is 35.3 Å². The molecule has 1 aromatic carbocycles. The lowest BCUT2D eigenvalue weighted by Gasteiger charge is -2.23. The van der Waals surface area contributed by atoms with E-state index >= 15 is 0 Å². The number of esters is 1. The van der Waals surface area contributed by atoms with Gasteiger partial charge in [-0.25, -0.2) is 9.79 Å². The summed E-state index contributed by atoms with van der Waals surface area (Å²) in [6, 6.07) is 5.25. The molecule has 2 aromatic rings. The molecule has 1 aromatic heterocycles. The van der Waals surface area contributed by atoms with Gasteiger partial charge in [-0.1, -0.05) is 6.07 Å². The minimum absolute atomic E-state index is 0. The normalized spacial score (nSPS) is 13.1. The van der Waals surface area contributed by atoms with E-state index in [-0.39, 0.29) is 30.5 Å². The summed E-state index contributed by atoms with van der Waals surface area (Å²) in [5, 5.41) is 21.1. The Hall–Kier alpha value is -2.34. The summed E-state index contributed by atoms with van der Waals surface area (Å²) in [4.78, 5) is 16.5. The van der Waals surface area contributed by atoms with Crippen LogP contribution < -0.4 is 15.4 Å². The maximum Gasteiger partial charge on any atom is 0.341 e. The highest BCUT2D eigenvalue weighted by Crippen LogP contribution is 2.21. The van der Waals surface area contributed by atoms with Crippen LogP contribution in [0, 0.1) is 0 Å². The number of methoxy groups -OCH3 is 2. The molecule has 0 aliphatic rings. The average molecular weight is 531 g/mol. The van der Waals surface area contributed by atoms with Gasteiger partial charge in [-0.3, -0.25) is 4.68 Å². The molecule has 1 atom stereocenters. The van der Waals surface area contributed by atoms with Crippen molar-refractivity contribution in [3.63, 3.8) is 0 Å². The predicted octanol–water partition coefficient (Wildman–Crippen LogP) is 1.80. The van der Waals surface area contributed by atoms with Crippen LogP contribution in [0.2, 0.25) is 0 Å². The van der Waals surface area contributed by atoms with Crippen molar-refractivity contribution in [2.75, 3.05) is 27.3 Å². The number of aromatic nitrogens is 2. The fraction of sp³-hybridized carbons (Fsp3) is 0.450. The Morgan fingerprint density at radius 2 is 2.07 bits per heavy atom. The molecule has 0 amide bonds. The van der Waals surface area contributed by atoms with Crippen LogP contribution in [0.5, 0.6) is 5.75 Å². The number of aliphatic hydroxyl groups is 1. The molecular weight excluding hydrogens is 501 g/mol. The van der Waals surface area contributed by atoms with Crippen LogP contribution in [-0.2, 0) is 23.9 Å². The second-order valence-corrected chi connectivity index (χ2v) is 6.75. The van der Waals surface area contributed by atoms with Crippen molar-refractivity contribution < 1.29 is 19.4 Å². The number of benzene rings is 1. The second kappa shape index (κ2) is 11.7. The number of hydrogen-bond acceptors (Lipinski definition) is 6. The molecule has 9 nitrogen and oxygen atoms in total. The van der Waals surface area contributed by atoms with E-state index in [4.69, 9.17) is 9.47 Å². The van der Waals surface area contributed by atoms with Crippen molar-refractivity contribution >= 4 is 35.9 Å². The van der Waals surface area contributed by atoms with Gasteiger partial charge in [0.2, 0.25) is 0 Å². The maximum absolute atomic E-state index is 11.9. The Kier molecular flexibility index (Phi) is 10.1. The number of nitrogens with zero attached hydrogens (tertiary/aromatic N) is 3. The number of nitrogens with one attached hydrogen (secondary N) is 2. The van der Waals surface area contributed by atoms with Crippen LogP contribution in [0.25, 0.3) is 0 Å². The third-order valence-corrected chi connectivity index (χ3v) is 4.36. The van der Waals surface area contributed by atoms with Gasteiger partial charge in [-0.2, -0.15) is 5.10 Å². The number of aliphatic imine (C=N–C) groups is 1. The molecule has 30 heavy (non-hydrogen) atoms. The minimum atomic E-state index is -1.11. The van der Waals surface area contributed by atoms with Crippen LogP contribution in [-0.4, -0.2) is 54.1 Å². The number of ether oxygens (including phenoxy) is 2. The fourth-order valence-corrected chi connectivity index (χ4v) is 2.69. The molecule has 2 rings (SSSR count). The number of guanidine groups is 1. The van der Waals surface area contributed by atoms with E-state index in [0.717, 1.165) is 5.56 Å². The SMILES string of the molecule is CCNC(=NCc1ccc(OC)c(C(=O)OC)c1)NCC(C)(O)c1cnn(C)c1.I. The Labute approximate surface area is 193 Å². The Bertz CT molecular complexity index is 867. The molecule has 0 spiro atoms. The lowest BCUT2D eigenvalue weighted by Crippen LogP contribution is -2.44. The van der Waals surface area contributed by atoms with Gasteiger partial charge in [-0.05, 0) is 31.5 Å². The first-order chi connectivity index (χ1) is 13.8. The van der Waals surface area contributed by atoms with E-state index in [1.54, 1.807) is 43.2 Å². The van der Waals surface area contributed by atoms with Crippen LogP contribution in [0.4, 0.5) is 0 Å². The number of rotatable bonds is 8. The first-order valence-electron chi connectivity index (χ1n) is 9.29. The lowest BCUT2D eigenvalue weighted by molar-refractivity contribution is 0.0595. The number of halogens is 1. The number of carbonyl (C=O) groups excluding carboxylic acids is 1. The average Bonchev–Trinajstić information content (AvgIpc) is 3.16. The topological polar surface area (TPSA) is 110 Å². The summed E-state index contributed by atoms with van der Waals surface area (Å²) in [5.74, 6) is 0.527. The molecule has 166 valence electrons. The zero-order valence-electron chi connectivity index (χ0n) is 17.9. The third-order valence-electron chi connectivity index (χ3n) is 4.36. The third kappa shape index (κ3) is 6.87. The smallest absolute Gasteiger partial charge is 0.341 e. The fourth-order valence-electron chi connectivity index (χ4n) is 2.69. The zero-order chi connectivity index (χ0) is 21.4. The molecule has 0 bridgehead atoms. The molecule has 1 unspecified atom stereocenters. The lowest BCUT2D eigenvalue weighted by atomic mass is 10.00. The summed E-state index contributed by atoms with van der Waals surface area (Å²) < 4.78 is 11.7. The van der Waals surface area contributed by atoms with Crippen molar-refractivity contribution in [2.45, 2.75) is 26.0 Å². The van der Waals surface area contributed by atoms with Crippen LogP contribution in [0.3, 0.4) is 0 Å². The molecule has 0 saturated carbocycles. The molecule has 0 aliphatic carbocycles. The van der Waals surface area contributed by atoms with Gasteiger partial charge in [0.15, 0.2) is 5.96 Å². The zero-order valence-corrected chi connectivity index (χ0v) is 20.3. The molecule has 0 radical (unpaired) electrons. The first kappa shape index (κ1) is 25.7. The molecule has 0 saturated heterocycles. The summed E-state index contributed by atoms with van der Waals surface area (Å²) >= 11 is 0. The van der Waals surface area contributed by atoms with Crippen molar-refractivity contribution in [2.24, 2.45) is 12.0 Å². The van der Waals surface area contributed by atoms with Crippen molar-refractivity contribution in [1.29, 1.82) is 0 Å². The Balaban J connectivity index is 0.00000450. The molecule has 1 heterocycles. The number of aryl methyl sites for hydroxylation is 1. The minimum Gasteiger partial charge on any atom is -0.496 e. The van der Waals surface area contributed by atoms with Crippen molar-refractivity contribution in [3.8, 4) is 5.75 Å². The van der Waals surface area contributed by atoms with Crippen LogP contribution >= 0.6 is 24.0 Å². The van der Waals surface area contributed by atoms with Gasteiger partial charge in [0.25, 0.3) is 0 Å². The molecule has 10 heteroatoms. The monoisotopic (exact) mass is 531 g/mol. The van der Waals surface area contributed by atoms with E-state index in [9.17, 15) is 9.90 Å². The number of carbonyl (C=O) groups is 1. The largest absolute Gasteiger partial charge is 0.496 e. The van der Waals surface area contributed by atoms with Gasteiger partial charge in [-0.15, -0.1) is 24.0 Å². The van der Waals surface area contributed by atoms with E-state index < -0.39 is 11.6 Å². The highest BCUT2D eigenvalue weighted by atomic mass is 127. The first-order valence-corrected chi connectivity index (χ1v) is 9.29. The maximum atomic E-state index is 11.9. The van der Waals surface area contributed by atoms with Gasteiger partial charge < -0.3 is 25.2 Å². The molecule has 3 N–H and O–H groups in total.